The summed E-state index contributed by atoms with van der Waals surface area (Å²) >= 11 is 0. The minimum absolute atomic E-state index is 0.0662. The average Bonchev–Trinajstić information content (AvgIpc) is 3.09. The minimum Gasteiger partial charge on any atom is -0.462 e. The van der Waals surface area contributed by atoms with E-state index in [0.29, 0.717) is 19.3 Å². The first-order valence-electron chi connectivity index (χ1n) is 21.8. The van der Waals surface area contributed by atoms with E-state index in [0.717, 1.165) is 69.6 Å². The van der Waals surface area contributed by atoms with Crippen LogP contribution in [0.1, 0.15) is 234 Å². The van der Waals surface area contributed by atoms with Crippen LogP contribution in [0, 0.1) is 11.8 Å². The van der Waals surface area contributed by atoms with Crippen LogP contribution in [0.4, 0.5) is 0 Å². The zero-order valence-corrected chi connectivity index (χ0v) is 34.0. The predicted molar refractivity (Wildman–Crippen MR) is 210 cm³/mol. The van der Waals surface area contributed by atoms with Crippen LogP contribution >= 0.6 is 0 Å². The number of ether oxygens (including phenoxy) is 3. The largest absolute Gasteiger partial charge is 0.462 e. The van der Waals surface area contributed by atoms with E-state index in [9.17, 15) is 14.4 Å². The molecule has 0 N–H and O–H groups in total. The van der Waals surface area contributed by atoms with Crippen molar-refractivity contribution in [1.82, 2.24) is 0 Å². The van der Waals surface area contributed by atoms with Gasteiger partial charge in [0, 0.05) is 19.3 Å². The second-order valence-corrected chi connectivity index (χ2v) is 15.7. The highest BCUT2D eigenvalue weighted by molar-refractivity contribution is 5.71. The average molecular weight is 709 g/mol. The van der Waals surface area contributed by atoms with Gasteiger partial charge in [0.25, 0.3) is 0 Å². The Kier molecular flexibility index (Phi) is 36.0. The summed E-state index contributed by atoms with van der Waals surface area (Å²) in [5.74, 6) is 0.741. The molecule has 0 radical (unpaired) electrons. The van der Waals surface area contributed by atoms with Crippen LogP contribution in [0.15, 0.2) is 0 Å². The molecule has 0 aromatic rings. The van der Waals surface area contributed by atoms with Crippen molar-refractivity contribution in [3.63, 3.8) is 0 Å². The molecular weight excluding hydrogens is 624 g/mol. The van der Waals surface area contributed by atoms with Crippen molar-refractivity contribution >= 4 is 17.9 Å². The maximum absolute atomic E-state index is 12.7. The zero-order chi connectivity index (χ0) is 36.9. The fourth-order valence-electron chi connectivity index (χ4n) is 6.37. The highest BCUT2D eigenvalue weighted by Crippen LogP contribution is 2.16. The molecule has 0 aliphatic rings. The SMILES string of the molecule is CCCCCCCCCCCCCC(=O)OC[C@@H](COC(=O)CCCCCCCCCCC(C)C)OC(=O)CCCCCCCCC(C)CC. The van der Waals surface area contributed by atoms with E-state index in [1.54, 1.807) is 0 Å². The monoisotopic (exact) mass is 709 g/mol. The Morgan fingerprint density at radius 1 is 0.420 bits per heavy atom. The van der Waals surface area contributed by atoms with Gasteiger partial charge in [-0.1, -0.05) is 195 Å². The molecule has 0 saturated carbocycles. The van der Waals surface area contributed by atoms with E-state index in [4.69, 9.17) is 14.2 Å². The predicted octanol–water partition coefficient (Wildman–Crippen LogP) is 13.4. The maximum Gasteiger partial charge on any atom is 0.306 e. The van der Waals surface area contributed by atoms with Crippen LogP contribution in [-0.4, -0.2) is 37.2 Å². The van der Waals surface area contributed by atoms with Gasteiger partial charge in [0.1, 0.15) is 13.2 Å². The van der Waals surface area contributed by atoms with Gasteiger partial charge < -0.3 is 14.2 Å². The molecular formula is C44H84O6. The van der Waals surface area contributed by atoms with Crippen LogP contribution in [-0.2, 0) is 28.6 Å². The van der Waals surface area contributed by atoms with Gasteiger partial charge in [0.05, 0.1) is 0 Å². The van der Waals surface area contributed by atoms with Gasteiger partial charge in [-0.05, 0) is 31.1 Å². The molecule has 2 atom stereocenters. The number of esters is 3. The second kappa shape index (κ2) is 37.2. The molecule has 0 bridgehead atoms. The standard InChI is InChI=1S/C44H84O6/c1-6-8-9-10-11-12-13-14-18-24-29-34-42(45)48-37-41(50-44(47)36-31-26-21-20-23-28-33-40(5)7-2)38-49-43(46)35-30-25-19-16-15-17-22-27-32-39(3)4/h39-41H,6-38H2,1-5H3/t40?,41-/m0/s1. The first kappa shape index (κ1) is 48.4. The molecule has 296 valence electrons. The highest BCUT2D eigenvalue weighted by atomic mass is 16.6. The number of carbonyl (C=O) groups is 3. The number of carbonyl (C=O) groups excluding carboxylic acids is 3. The molecule has 1 unspecified atom stereocenters. The van der Waals surface area contributed by atoms with E-state index in [2.05, 4.69) is 34.6 Å². The highest BCUT2D eigenvalue weighted by Gasteiger charge is 2.19. The molecule has 0 spiro atoms. The van der Waals surface area contributed by atoms with Crippen molar-refractivity contribution < 1.29 is 28.6 Å². The van der Waals surface area contributed by atoms with Gasteiger partial charge in [0.15, 0.2) is 6.10 Å². The topological polar surface area (TPSA) is 78.9 Å². The van der Waals surface area contributed by atoms with Crippen LogP contribution in [0.2, 0.25) is 0 Å². The van der Waals surface area contributed by atoms with Crippen molar-refractivity contribution in [3.05, 3.63) is 0 Å². The van der Waals surface area contributed by atoms with Crippen molar-refractivity contribution in [2.45, 2.75) is 240 Å². The lowest BCUT2D eigenvalue weighted by molar-refractivity contribution is -0.167. The van der Waals surface area contributed by atoms with Gasteiger partial charge >= 0.3 is 17.9 Å². The van der Waals surface area contributed by atoms with Crippen LogP contribution in [0.5, 0.6) is 0 Å². The molecule has 0 aromatic carbocycles. The summed E-state index contributed by atoms with van der Waals surface area (Å²) in [5.41, 5.74) is 0. The Morgan fingerprint density at radius 3 is 1.14 bits per heavy atom. The van der Waals surface area contributed by atoms with E-state index >= 15 is 0 Å². The van der Waals surface area contributed by atoms with Gasteiger partial charge in [-0.15, -0.1) is 0 Å². The third kappa shape index (κ3) is 36.2. The van der Waals surface area contributed by atoms with Crippen molar-refractivity contribution in [2.24, 2.45) is 11.8 Å². The Balaban J connectivity index is 4.36. The van der Waals surface area contributed by atoms with Crippen LogP contribution < -0.4 is 0 Å². The van der Waals surface area contributed by atoms with Crippen molar-refractivity contribution in [2.75, 3.05) is 13.2 Å². The van der Waals surface area contributed by atoms with E-state index in [1.165, 1.54) is 122 Å². The summed E-state index contributed by atoms with van der Waals surface area (Å²) in [6.45, 7) is 11.3. The molecule has 0 amide bonds. The quantitative estimate of drug-likeness (QED) is 0.0361. The minimum atomic E-state index is -0.760. The molecule has 0 fully saturated rings. The number of hydrogen-bond donors (Lipinski definition) is 0. The van der Waals surface area contributed by atoms with Gasteiger partial charge in [-0.3, -0.25) is 14.4 Å². The maximum atomic E-state index is 12.7. The summed E-state index contributed by atoms with van der Waals surface area (Å²) in [7, 11) is 0. The molecule has 0 aliphatic carbocycles. The normalized spacial score (nSPS) is 12.6. The molecule has 6 nitrogen and oxygen atoms in total. The number of rotatable bonds is 38. The summed E-state index contributed by atoms with van der Waals surface area (Å²) in [5, 5.41) is 0. The van der Waals surface area contributed by atoms with Gasteiger partial charge in [-0.25, -0.2) is 0 Å². The van der Waals surface area contributed by atoms with E-state index in [-0.39, 0.29) is 31.1 Å². The Bertz CT molecular complexity index is 766. The zero-order valence-electron chi connectivity index (χ0n) is 34.0. The molecule has 0 heterocycles. The lowest BCUT2D eigenvalue weighted by atomic mass is 10.00. The number of unbranched alkanes of at least 4 members (excludes halogenated alkanes) is 22. The molecule has 50 heavy (non-hydrogen) atoms. The fraction of sp³-hybridized carbons (Fsp3) is 0.932. The van der Waals surface area contributed by atoms with E-state index in [1.807, 2.05) is 0 Å². The van der Waals surface area contributed by atoms with Crippen LogP contribution in [0.3, 0.4) is 0 Å². The molecule has 0 saturated heterocycles. The molecule has 6 heteroatoms. The summed E-state index contributed by atoms with van der Waals surface area (Å²) in [6, 6.07) is 0. The number of hydrogen-bond acceptors (Lipinski definition) is 6. The fourth-order valence-corrected chi connectivity index (χ4v) is 6.37. The van der Waals surface area contributed by atoms with Crippen LogP contribution in [0.25, 0.3) is 0 Å². The smallest absolute Gasteiger partial charge is 0.306 e. The van der Waals surface area contributed by atoms with Crippen molar-refractivity contribution in [1.29, 1.82) is 0 Å². The van der Waals surface area contributed by atoms with Gasteiger partial charge in [0.2, 0.25) is 0 Å². The summed E-state index contributed by atoms with van der Waals surface area (Å²) in [4.78, 5) is 37.6. The third-order valence-electron chi connectivity index (χ3n) is 10.1. The Labute approximate surface area is 310 Å². The molecule has 0 rings (SSSR count). The lowest BCUT2D eigenvalue weighted by Gasteiger charge is -2.18. The first-order valence-corrected chi connectivity index (χ1v) is 21.8. The summed E-state index contributed by atoms with van der Waals surface area (Å²) in [6.07, 6.45) is 33.8. The van der Waals surface area contributed by atoms with Crippen molar-refractivity contribution in [3.8, 4) is 0 Å². The Hall–Kier alpha value is -1.59. The lowest BCUT2D eigenvalue weighted by Crippen LogP contribution is -2.30. The first-order chi connectivity index (χ1) is 24.3. The molecule has 0 aliphatic heterocycles. The third-order valence-corrected chi connectivity index (χ3v) is 10.1. The van der Waals surface area contributed by atoms with E-state index < -0.39 is 6.10 Å². The second-order valence-electron chi connectivity index (χ2n) is 15.7. The Morgan fingerprint density at radius 2 is 0.760 bits per heavy atom. The van der Waals surface area contributed by atoms with Gasteiger partial charge in [-0.2, -0.15) is 0 Å². The molecule has 0 aromatic heterocycles. The summed E-state index contributed by atoms with van der Waals surface area (Å²) < 4.78 is 16.7.